The van der Waals surface area contributed by atoms with E-state index in [2.05, 4.69) is 4.74 Å². The molecule has 0 heterocycles. The predicted octanol–water partition coefficient (Wildman–Crippen LogP) is 3.71. The number of aliphatic hydroxyl groups is 1. The highest BCUT2D eigenvalue weighted by Crippen LogP contribution is 2.27. The van der Waals surface area contributed by atoms with Gasteiger partial charge in [-0.15, -0.1) is 11.8 Å². The number of hydrogen-bond acceptors (Lipinski definition) is 3. The van der Waals surface area contributed by atoms with Gasteiger partial charge in [0.05, 0.1) is 17.7 Å². The van der Waals surface area contributed by atoms with Gasteiger partial charge in [-0.3, -0.25) is 0 Å². The van der Waals surface area contributed by atoms with Crippen LogP contribution < -0.4 is 0 Å². The second-order valence-corrected chi connectivity index (χ2v) is 5.44. The van der Waals surface area contributed by atoms with Gasteiger partial charge in [0.15, 0.2) is 0 Å². The predicted molar refractivity (Wildman–Crippen MR) is 70.0 cm³/mol. The molecule has 20 heavy (non-hydrogen) atoms. The Morgan fingerprint density at radius 1 is 1.30 bits per heavy atom. The van der Waals surface area contributed by atoms with Crippen LogP contribution in [-0.2, 0) is 4.74 Å². The fourth-order valence-corrected chi connectivity index (χ4v) is 2.34. The minimum atomic E-state index is -4.20. The Balaban J connectivity index is 2.28. The van der Waals surface area contributed by atoms with Crippen molar-refractivity contribution < 1.29 is 27.4 Å². The smallest absolute Gasteiger partial charge is 0.330 e. The highest BCUT2D eigenvalue weighted by atomic mass is 35.5. The van der Waals surface area contributed by atoms with E-state index in [1.165, 1.54) is 11.8 Å². The van der Waals surface area contributed by atoms with Gasteiger partial charge in [0.25, 0.3) is 0 Å². The van der Waals surface area contributed by atoms with Gasteiger partial charge in [0.1, 0.15) is 6.61 Å². The number of alkyl halides is 4. The first-order valence-electron chi connectivity index (χ1n) is 5.62. The quantitative estimate of drug-likeness (QED) is 0.581. The summed E-state index contributed by atoms with van der Waals surface area (Å²) in [6.45, 7) is -1.86. The van der Waals surface area contributed by atoms with Crippen LogP contribution in [0.1, 0.15) is 0 Å². The van der Waals surface area contributed by atoms with Crippen molar-refractivity contribution in [2.24, 2.45) is 0 Å². The Morgan fingerprint density at radius 2 is 1.95 bits per heavy atom. The molecule has 1 N–H and O–H groups in total. The number of hydrogen-bond donors (Lipinski definition) is 1. The van der Waals surface area contributed by atoms with E-state index in [0.717, 1.165) is 4.90 Å². The molecule has 2 nitrogen and oxygen atoms in total. The van der Waals surface area contributed by atoms with E-state index < -0.39 is 31.7 Å². The first-order valence-corrected chi connectivity index (χ1v) is 6.98. The largest absolute Gasteiger partial charge is 0.390 e. The first kappa shape index (κ1) is 17.6. The van der Waals surface area contributed by atoms with E-state index in [0.29, 0.717) is 5.02 Å². The third kappa shape index (κ3) is 5.87. The molecule has 0 aliphatic carbocycles. The minimum absolute atomic E-state index is 0.157. The molecule has 0 spiro atoms. The molecule has 0 saturated carbocycles. The Kier molecular flexibility index (Phi) is 7.08. The zero-order valence-corrected chi connectivity index (χ0v) is 11.8. The minimum Gasteiger partial charge on any atom is -0.390 e. The molecular weight excluding hydrogens is 320 g/mol. The molecule has 0 aliphatic rings. The Morgan fingerprint density at radius 3 is 2.55 bits per heavy atom. The number of ether oxygens (including phenoxy) is 1. The summed E-state index contributed by atoms with van der Waals surface area (Å²) < 4.78 is 53.1. The Bertz CT molecular complexity index is 420. The van der Waals surface area contributed by atoms with Crippen LogP contribution in [0, 0.1) is 0 Å². The SMILES string of the molecule is OC(COCC(F)(F)C(F)F)CSc1ccccc1Cl. The number of benzene rings is 1. The summed E-state index contributed by atoms with van der Waals surface area (Å²) in [4.78, 5) is 0.728. The zero-order chi connectivity index (χ0) is 15.2. The van der Waals surface area contributed by atoms with E-state index in [1.54, 1.807) is 24.3 Å². The summed E-state index contributed by atoms with van der Waals surface area (Å²) >= 11 is 7.11. The average molecular weight is 333 g/mol. The van der Waals surface area contributed by atoms with E-state index in [9.17, 15) is 22.7 Å². The molecule has 1 atom stereocenters. The van der Waals surface area contributed by atoms with Crippen LogP contribution in [0.4, 0.5) is 17.6 Å². The van der Waals surface area contributed by atoms with Gasteiger partial charge in [-0.2, -0.15) is 8.78 Å². The molecule has 0 radical (unpaired) electrons. The maximum Gasteiger partial charge on any atom is 0.330 e. The van der Waals surface area contributed by atoms with Gasteiger partial charge in [-0.25, -0.2) is 8.78 Å². The second-order valence-electron chi connectivity index (χ2n) is 3.97. The maximum absolute atomic E-state index is 12.5. The molecule has 0 saturated heterocycles. The molecular formula is C12H13ClF4O2S. The number of halogens is 5. The fraction of sp³-hybridized carbons (Fsp3) is 0.500. The lowest BCUT2D eigenvalue weighted by atomic mass is 10.4. The normalized spacial score (nSPS) is 13.8. The van der Waals surface area contributed by atoms with Crippen LogP contribution in [-0.4, -0.2) is 42.5 Å². The molecule has 0 fully saturated rings. The van der Waals surface area contributed by atoms with Crippen LogP contribution >= 0.6 is 23.4 Å². The Labute approximate surface area is 123 Å². The zero-order valence-electron chi connectivity index (χ0n) is 10.2. The number of rotatable bonds is 8. The van der Waals surface area contributed by atoms with Gasteiger partial charge >= 0.3 is 12.3 Å². The van der Waals surface area contributed by atoms with Crippen LogP contribution in [0.2, 0.25) is 5.02 Å². The topological polar surface area (TPSA) is 29.5 Å². The summed E-state index contributed by atoms with van der Waals surface area (Å²) in [5.41, 5.74) is 0. The van der Waals surface area contributed by atoms with E-state index in [1.807, 2.05) is 0 Å². The van der Waals surface area contributed by atoms with Crippen molar-refractivity contribution in [3.8, 4) is 0 Å². The molecule has 1 rings (SSSR count). The molecule has 0 bridgehead atoms. The second kappa shape index (κ2) is 8.07. The molecule has 0 aromatic heterocycles. The summed E-state index contributed by atoms with van der Waals surface area (Å²) in [6.07, 6.45) is -4.83. The monoisotopic (exact) mass is 332 g/mol. The third-order valence-electron chi connectivity index (χ3n) is 2.19. The first-order chi connectivity index (χ1) is 9.33. The average Bonchev–Trinajstić information content (AvgIpc) is 2.37. The van der Waals surface area contributed by atoms with Crippen molar-refractivity contribution in [2.75, 3.05) is 19.0 Å². The number of thioether (sulfide) groups is 1. The van der Waals surface area contributed by atoms with Crippen LogP contribution in [0.25, 0.3) is 0 Å². The highest BCUT2D eigenvalue weighted by molar-refractivity contribution is 7.99. The van der Waals surface area contributed by atoms with E-state index in [4.69, 9.17) is 11.6 Å². The van der Waals surface area contributed by atoms with Crippen LogP contribution in [0.5, 0.6) is 0 Å². The van der Waals surface area contributed by atoms with Crippen molar-refractivity contribution in [2.45, 2.75) is 23.3 Å². The van der Waals surface area contributed by atoms with Crippen molar-refractivity contribution in [3.05, 3.63) is 29.3 Å². The Hall–Kier alpha value is -0.500. The molecule has 0 aliphatic heterocycles. The van der Waals surface area contributed by atoms with Crippen molar-refractivity contribution in [1.82, 2.24) is 0 Å². The molecule has 1 unspecified atom stereocenters. The lowest BCUT2D eigenvalue weighted by molar-refractivity contribution is -0.169. The molecule has 1 aromatic rings. The summed E-state index contributed by atoms with van der Waals surface area (Å²) in [5, 5.41) is 10.0. The van der Waals surface area contributed by atoms with Gasteiger partial charge < -0.3 is 9.84 Å². The molecule has 8 heteroatoms. The van der Waals surface area contributed by atoms with Crippen molar-refractivity contribution in [3.63, 3.8) is 0 Å². The van der Waals surface area contributed by atoms with Crippen molar-refractivity contribution >= 4 is 23.4 Å². The van der Waals surface area contributed by atoms with Crippen LogP contribution in [0.3, 0.4) is 0 Å². The van der Waals surface area contributed by atoms with Gasteiger partial charge in [0, 0.05) is 10.6 Å². The maximum atomic E-state index is 12.5. The number of aliphatic hydroxyl groups excluding tert-OH is 1. The van der Waals surface area contributed by atoms with Gasteiger partial charge in [-0.05, 0) is 12.1 Å². The van der Waals surface area contributed by atoms with Crippen molar-refractivity contribution in [1.29, 1.82) is 0 Å². The molecule has 114 valence electrons. The highest BCUT2D eigenvalue weighted by Gasteiger charge is 2.41. The van der Waals surface area contributed by atoms with Gasteiger partial charge in [0.2, 0.25) is 0 Å². The molecule has 0 amide bonds. The van der Waals surface area contributed by atoms with Crippen LogP contribution in [0.15, 0.2) is 29.2 Å². The lowest BCUT2D eigenvalue weighted by Crippen LogP contribution is -2.34. The van der Waals surface area contributed by atoms with E-state index >= 15 is 0 Å². The summed E-state index contributed by atoms with van der Waals surface area (Å²) in [5.74, 6) is -4.04. The summed E-state index contributed by atoms with van der Waals surface area (Å²) in [7, 11) is 0. The summed E-state index contributed by atoms with van der Waals surface area (Å²) in [6, 6.07) is 6.93. The lowest BCUT2D eigenvalue weighted by Gasteiger charge is -2.17. The van der Waals surface area contributed by atoms with E-state index in [-0.39, 0.29) is 5.75 Å². The fourth-order valence-electron chi connectivity index (χ4n) is 1.19. The third-order valence-corrected chi connectivity index (χ3v) is 3.85. The standard InChI is InChI=1S/C12H13ClF4O2S/c13-9-3-1-2-4-10(9)20-6-8(18)5-19-7-12(16,17)11(14)15/h1-4,8,11,18H,5-7H2. The molecule has 1 aromatic carbocycles. The van der Waals surface area contributed by atoms with Gasteiger partial charge in [-0.1, -0.05) is 23.7 Å².